The van der Waals surface area contributed by atoms with Crippen LogP contribution in [-0.2, 0) is 16.2 Å². The van der Waals surface area contributed by atoms with Crippen molar-refractivity contribution in [1.29, 1.82) is 0 Å². The molecule has 0 saturated heterocycles. The molecule has 0 aromatic heterocycles. The average molecular weight is 233 g/mol. The number of carbonyl (C=O) groups excluding carboxylic acids is 1. The molecule has 1 aromatic carbocycles. The van der Waals surface area contributed by atoms with E-state index in [-0.39, 0.29) is 11.2 Å². The Morgan fingerprint density at radius 2 is 1.94 bits per heavy atom. The Morgan fingerprint density at radius 3 is 2.53 bits per heavy atom. The van der Waals surface area contributed by atoms with E-state index in [1.165, 1.54) is 12.3 Å². The van der Waals surface area contributed by atoms with Crippen LogP contribution in [0.1, 0.15) is 26.3 Å². The quantitative estimate of drug-likeness (QED) is 0.483. The fourth-order valence-electron chi connectivity index (χ4n) is 1.11. The molecule has 0 spiro atoms. The molecule has 1 N–H and O–H groups in total. The van der Waals surface area contributed by atoms with Gasteiger partial charge in [0.25, 0.3) is 0 Å². The minimum absolute atomic E-state index is 0.0633. The maximum Gasteiger partial charge on any atom is 0.162 e. The number of nitrogens with one attached hydrogen (secondary N) is 1. The van der Waals surface area contributed by atoms with Gasteiger partial charge in [-0.15, -0.1) is 0 Å². The van der Waals surface area contributed by atoms with Gasteiger partial charge < -0.3 is 0 Å². The lowest BCUT2D eigenvalue weighted by Gasteiger charge is -2.12. The van der Waals surface area contributed by atoms with Gasteiger partial charge in [-0.1, -0.05) is 51.1 Å². The van der Waals surface area contributed by atoms with Crippen LogP contribution < -0.4 is 5.48 Å². The van der Waals surface area contributed by atoms with Crippen molar-refractivity contribution in [2.24, 2.45) is 5.41 Å². The van der Waals surface area contributed by atoms with Gasteiger partial charge in [-0.25, -0.2) is 0 Å². The highest BCUT2D eigenvalue weighted by Crippen LogP contribution is 2.14. The van der Waals surface area contributed by atoms with Crippen LogP contribution in [0.15, 0.2) is 42.6 Å². The summed E-state index contributed by atoms with van der Waals surface area (Å²) in [5.74, 6) is 0.0633. The highest BCUT2D eigenvalue weighted by molar-refractivity contribution is 5.93. The second-order valence-electron chi connectivity index (χ2n) is 4.84. The second kappa shape index (κ2) is 6.21. The molecule has 3 heteroatoms. The van der Waals surface area contributed by atoms with Crippen LogP contribution in [0.5, 0.6) is 0 Å². The molecule has 0 unspecified atom stereocenters. The van der Waals surface area contributed by atoms with Gasteiger partial charge in [-0.3, -0.25) is 15.1 Å². The van der Waals surface area contributed by atoms with Gasteiger partial charge >= 0.3 is 0 Å². The first-order valence-electron chi connectivity index (χ1n) is 5.62. The molecule has 92 valence electrons. The molecule has 0 saturated carbocycles. The second-order valence-corrected chi connectivity index (χ2v) is 4.84. The summed E-state index contributed by atoms with van der Waals surface area (Å²) >= 11 is 0. The average Bonchev–Trinajstić information content (AvgIpc) is 2.28. The molecule has 1 aromatic rings. The van der Waals surface area contributed by atoms with E-state index < -0.39 is 0 Å². The van der Waals surface area contributed by atoms with E-state index in [0.717, 1.165) is 5.56 Å². The standard InChI is InChI=1S/C14H19NO2/c1-14(2,3)13(16)9-10-15-17-11-12-7-5-4-6-8-12/h4-10,15H,11H2,1-3H3/b10-9-. The van der Waals surface area contributed by atoms with Crippen LogP contribution in [-0.4, -0.2) is 5.78 Å². The molecule has 0 amide bonds. The van der Waals surface area contributed by atoms with Crippen molar-refractivity contribution in [3.05, 3.63) is 48.2 Å². The Labute approximate surface area is 102 Å². The van der Waals surface area contributed by atoms with Crippen LogP contribution in [0.3, 0.4) is 0 Å². The summed E-state index contributed by atoms with van der Waals surface area (Å²) in [4.78, 5) is 16.7. The highest BCUT2D eigenvalue weighted by atomic mass is 16.6. The monoisotopic (exact) mass is 233 g/mol. The molecule has 0 aliphatic heterocycles. The van der Waals surface area contributed by atoms with Crippen LogP contribution >= 0.6 is 0 Å². The third kappa shape index (κ3) is 5.31. The summed E-state index contributed by atoms with van der Waals surface area (Å²) < 4.78 is 0. The van der Waals surface area contributed by atoms with E-state index in [9.17, 15) is 4.79 Å². The highest BCUT2D eigenvalue weighted by Gasteiger charge is 2.17. The van der Waals surface area contributed by atoms with Crippen molar-refractivity contribution < 1.29 is 9.63 Å². The maximum absolute atomic E-state index is 11.5. The van der Waals surface area contributed by atoms with Gasteiger partial charge in [-0.05, 0) is 11.6 Å². The minimum Gasteiger partial charge on any atom is -0.294 e. The van der Waals surface area contributed by atoms with Crippen molar-refractivity contribution in [3.8, 4) is 0 Å². The predicted octanol–water partition coefficient (Wildman–Crippen LogP) is 2.84. The zero-order chi connectivity index (χ0) is 12.7. The Kier molecular flexibility index (Phi) is 4.91. The number of rotatable bonds is 5. The number of hydrogen-bond donors (Lipinski definition) is 1. The van der Waals surface area contributed by atoms with Crippen LogP contribution in [0, 0.1) is 5.41 Å². The molecular weight excluding hydrogens is 214 g/mol. The molecule has 0 radical (unpaired) electrons. The summed E-state index contributed by atoms with van der Waals surface area (Å²) in [5.41, 5.74) is 3.37. The zero-order valence-corrected chi connectivity index (χ0v) is 10.6. The Bertz CT molecular complexity index is 377. The normalized spacial score (nSPS) is 11.7. The third-order valence-electron chi connectivity index (χ3n) is 2.21. The van der Waals surface area contributed by atoms with Crippen molar-refractivity contribution in [3.63, 3.8) is 0 Å². The summed E-state index contributed by atoms with van der Waals surface area (Å²) in [6, 6.07) is 9.82. The van der Waals surface area contributed by atoms with Gasteiger partial charge in [0, 0.05) is 11.6 Å². The maximum atomic E-state index is 11.5. The Balaban J connectivity index is 2.25. The number of hydroxylamine groups is 1. The molecule has 0 bridgehead atoms. The lowest BCUT2D eigenvalue weighted by molar-refractivity contribution is -0.121. The van der Waals surface area contributed by atoms with Gasteiger partial charge in [0.05, 0.1) is 6.61 Å². The molecule has 0 fully saturated rings. The van der Waals surface area contributed by atoms with E-state index >= 15 is 0 Å². The minimum atomic E-state index is -0.350. The van der Waals surface area contributed by atoms with Crippen LogP contribution in [0.25, 0.3) is 0 Å². The Morgan fingerprint density at radius 1 is 1.29 bits per heavy atom. The summed E-state index contributed by atoms with van der Waals surface area (Å²) in [6.45, 7) is 6.11. The molecule has 0 heterocycles. The third-order valence-corrected chi connectivity index (χ3v) is 2.21. The van der Waals surface area contributed by atoms with E-state index in [0.29, 0.717) is 6.61 Å². The predicted molar refractivity (Wildman–Crippen MR) is 68.0 cm³/mol. The molecule has 3 nitrogen and oxygen atoms in total. The van der Waals surface area contributed by atoms with Gasteiger partial charge in [-0.2, -0.15) is 0 Å². The van der Waals surface area contributed by atoms with Gasteiger partial charge in [0.2, 0.25) is 0 Å². The lowest BCUT2D eigenvalue weighted by Crippen LogP contribution is -2.18. The molecule has 1 rings (SSSR count). The summed E-state index contributed by atoms with van der Waals surface area (Å²) in [7, 11) is 0. The molecular formula is C14H19NO2. The van der Waals surface area contributed by atoms with Crippen molar-refractivity contribution in [2.75, 3.05) is 0 Å². The van der Waals surface area contributed by atoms with E-state index in [1.807, 2.05) is 51.1 Å². The van der Waals surface area contributed by atoms with Crippen LogP contribution in [0.2, 0.25) is 0 Å². The number of hydrogen-bond acceptors (Lipinski definition) is 3. The lowest BCUT2D eigenvalue weighted by atomic mass is 9.91. The first-order chi connectivity index (χ1) is 8.00. The fourth-order valence-corrected chi connectivity index (χ4v) is 1.11. The van der Waals surface area contributed by atoms with Crippen molar-refractivity contribution in [1.82, 2.24) is 5.48 Å². The van der Waals surface area contributed by atoms with Crippen molar-refractivity contribution >= 4 is 5.78 Å². The fraction of sp³-hybridized carbons (Fsp3) is 0.357. The molecule has 0 atom stereocenters. The first-order valence-corrected chi connectivity index (χ1v) is 5.62. The van der Waals surface area contributed by atoms with E-state index in [2.05, 4.69) is 5.48 Å². The number of benzene rings is 1. The SMILES string of the molecule is CC(C)(C)C(=O)/C=C\NOCc1ccccc1. The summed E-state index contributed by atoms with van der Waals surface area (Å²) in [5, 5.41) is 0. The topological polar surface area (TPSA) is 38.3 Å². The number of carbonyl (C=O) groups is 1. The van der Waals surface area contributed by atoms with Crippen molar-refractivity contribution in [2.45, 2.75) is 27.4 Å². The van der Waals surface area contributed by atoms with E-state index in [4.69, 9.17) is 4.84 Å². The molecule has 0 aliphatic rings. The number of ketones is 1. The first kappa shape index (κ1) is 13.5. The molecule has 0 aliphatic carbocycles. The smallest absolute Gasteiger partial charge is 0.162 e. The Hall–Kier alpha value is -1.61. The largest absolute Gasteiger partial charge is 0.294 e. The van der Waals surface area contributed by atoms with Crippen LogP contribution in [0.4, 0.5) is 0 Å². The number of allylic oxidation sites excluding steroid dienone is 1. The molecule has 17 heavy (non-hydrogen) atoms. The van der Waals surface area contributed by atoms with Gasteiger partial charge in [0.15, 0.2) is 5.78 Å². The van der Waals surface area contributed by atoms with Gasteiger partial charge in [0.1, 0.15) is 0 Å². The zero-order valence-electron chi connectivity index (χ0n) is 10.6. The van der Waals surface area contributed by atoms with E-state index in [1.54, 1.807) is 0 Å². The summed E-state index contributed by atoms with van der Waals surface area (Å²) in [6.07, 6.45) is 3.02.